The number of alkyl halides is 3. The van der Waals surface area contributed by atoms with Gasteiger partial charge in [-0.2, -0.15) is 13.2 Å². The maximum absolute atomic E-state index is 12.9. The summed E-state index contributed by atoms with van der Waals surface area (Å²) in [4.78, 5) is 39.1. The van der Waals surface area contributed by atoms with Crippen LogP contribution in [0.15, 0.2) is 12.1 Å². The number of hydrogen-bond acceptors (Lipinski definition) is 6. The third-order valence-corrected chi connectivity index (χ3v) is 3.46. The van der Waals surface area contributed by atoms with Gasteiger partial charge >= 0.3 is 6.18 Å². The lowest BCUT2D eigenvalue weighted by Crippen LogP contribution is -2.27. The minimum Gasteiger partial charge on any atom is -0.382 e. The monoisotopic (exact) mass is 375 g/mol. The second-order valence-electron chi connectivity index (χ2n) is 5.43. The Bertz CT molecular complexity index is 646. The molecule has 0 saturated heterocycles. The van der Waals surface area contributed by atoms with Gasteiger partial charge < -0.3 is 14.3 Å². The molecule has 26 heavy (non-hydrogen) atoms. The van der Waals surface area contributed by atoms with Gasteiger partial charge in [-0.05, 0) is 18.6 Å². The molecule has 1 heterocycles. The Morgan fingerprint density at radius 3 is 2.50 bits per heavy atom. The SMILES string of the molecule is CCCC(=O)C(C=O)C(=O)c1ccc(C(F)(F)F)nc1COCCOC. The number of ketones is 2. The quantitative estimate of drug-likeness (QED) is 0.256. The molecule has 6 nitrogen and oxygen atoms in total. The summed E-state index contributed by atoms with van der Waals surface area (Å²) in [6, 6.07) is 1.56. The first-order valence-electron chi connectivity index (χ1n) is 7.92. The van der Waals surface area contributed by atoms with Crippen LogP contribution in [-0.2, 0) is 31.8 Å². The van der Waals surface area contributed by atoms with E-state index < -0.39 is 29.4 Å². The predicted octanol–water partition coefficient (Wildman–Crippen LogP) is 2.63. The van der Waals surface area contributed by atoms with Crippen molar-refractivity contribution in [2.24, 2.45) is 5.92 Å². The van der Waals surface area contributed by atoms with Crippen LogP contribution >= 0.6 is 0 Å². The van der Waals surface area contributed by atoms with Crippen molar-refractivity contribution >= 4 is 17.9 Å². The van der Waals surface area contributed by atoms with Crippen molar-refractivity contribution in [1.29, 1.82) is 0 Å². The summed E-state index contributed by atoms with van der Waals surface area (Å²) in [6.45, 7) is 1.60. The number of ether oxygens (including phenoxy) is 2. The molecule has 1 aromatic rings. The van der Waals surface area contributed by atoms with Gasteiger partial charge in [0.1, 0.15) is 17.9 Å². The maximum Gasteiger partial charge on any atom is 0.433 e. The molecule has 1 atom stereocenters. The molecule has 0 bridgehead atoms. The zero-order valence-corrected chi connectivity index (χ0v) is 14.5. The second-order valence-corrected chi connectivity index (χ2v) is 5.43. The third kappa shape index (κ3) is 5.99. The topological polar surface area (TPSA) is 82.6 Å². The summed E-state index contributed by atoms with van der Waals surface area (Å²) in [6.07, 6.45) is -4.05. The number of hydrogen-bond donors (Lipinski definition) is 0. The summed E-state index contributed by atoms with van der Waals surface area (Å²) < 4.78 is 48.6. The zero-order chi connectivity index (χ0) is 19.7. The number of rotatable bonds is 11. The Balaban J connectivity index is 3.19. The fourth-order valence-electron chi connectivity index (χ4n) is 2.16. The summed E-state index contributed by atoms with van der Waals surface area (Å²) in [5.41, 5.74) is -1.71. The Hall–Kier alpha value is -2.13. The molecular weight excluding hydrogens is 355 g/mol. The summed E-state index contributed by atoms with van der Waals surface area (Å²) >= 11 is 0. The van der Waals surface area contributed by atoms with Gasteiger partial charge in [-0.25, -0.2) is 4.98 Å². The van der Waals surface area contributed by atoms with Crippen molar-refractivity contribution in [2.45, 2.75) is 32.5 Å². The molecule has 1 rings (SSSR count). The van der Waals surface area contributed by atoms with Crippen LogP contribution in [-0.4, -0.2) is 43.2 Å². The van der Waals surface area contributed by atoms with E-state index in [1.54, 1.807) is 6.92 Å². The average Bonchev–Trinajstić information content (AvgIpc) is 2.58. The number of methoxy groups -OCH3 is 1. The predicted molar refractivity (Wildman–Crippen MR) is 84.6 cm³/mol. The van der Waals surface area contributed by atoms with Crippen LogP contribution in [0, 0.1) is 5.92 Å². The minimum atomic E-state index is -4.70. The Morgan fingerprint density at radius 2 is 1.96 bits per heavy atom. The van der Waals surface area contributed by atoms with E-state index in [9.17, 15) is 27.6 Å². The van der Waals surface area contributed by atoms with Crippen LogP contribution in [0.4, 0.5) is 13.2 Å². The van der Waals surface area contributed by atoms with Crippen molar-refractivity contribution in [3.63, 3.8) is 0 Å². The van der Waals surface area contributed by atoms with E-state index in [1.165, 1.54) is 7.11 Å². The number of pyridine rings is 1. The maximum atomic E-state index is 12.9. The Labute approximate surface area is 148 Å². The number of carbonyl (C=O) groups excluding carboxylic acids is 3. The van der Waals surface area contributed by atoms with Gasteiger partial charge in [-0.15, -0.1) is 0 Å². The van der Waals surface area contributed by atoms with E-state index in [-0.39, 0.29) is 43.8 Å². The smallest absolute Gasteiger partial charge is 0.382 e. The molecule has 1 unspecified atom stereocenters. The standard InChI is InChI=1S/C17H20F3NO5/c1-3-4-14(23)12(9-22)16(24)11-5-6-15(17(18,19)20)21-13(11)10-26-8-7-25-2/h5-6,9,12H,3-4,7-8,10H2,1-2H3. The van der Waals surface area contributed by atoms with Crippen LogP contribution in [0.25, 0.3) is 0 Å². The molecule has 0 saturated carbocycles. The van der Waals surface area contributed by atoms with E-state index >= 15 is 0 Å². The van der Waals surface area contributed by atoms with E-state index in [0.29, 0.717) is 12.5 Å². The zero-order valence-electron chi connectivity index (χ0n) is 14.5. The fourth-order valence-corrected chi connectivity index (χ4v) is 2.16. The van der Waals surface area contributed by atoms with Crippen molar-refractivity contribution < 1.29 is 37.0 Å². The van der Waals surface area contributed by atoms with Gasteiger partial charge in [-0.3, -0.25) is 9.59 Å². The second kappa shape index (κ2) is 10.1. The Kier molecular flexibility index (Phi) is 8.53. The largest absolute Gasteiger partial charge is 0.433 e. The molecule has 0 aliphatic rings. The highest BCUT2D eigenvalue weighted by molar-refractivity contribution is 6.19. The summed E-state index contributed by atoms with van der Waals surface area (Å²) in [5.74, 6) is -3.03. The molecule has 144 valence electrons. The van der Waals surface area contributed by atoms with Crippen LogP contribution in [0.3, 0.4) is 0 Å². The number of nitrogens with zero attached hydrogens (tertiary/aromatic N) is 1. The van der Waals surface area contributed by atoms with E-state index in [1.807, 2.05) is 0 Å². The van der Waals surface area contributed by atoms with Crippen LogP contribution < -0.4 is 0 Å². The molecule has 0 fully saturated rings. The highest BCUT2D eigenvalue weighted by atomic mass is 19.4. The van der Waals surface area contributed by atoms with E-state index in [0.717, 1.165) is 6.07 Å². The van der Waals surface area contributed by atoms with Gasteiger partial charge in [0.2, 0.25) is 0 Å². The Morgan fingerprint density at radius 1 is 1.27 bits per heavy atom. The molecule has 0 radical (unpaired) electrons. The van der Waals surface area contributed by atoms with E-state index in [2.05, 4.69) is 4.98 Å². The van der Waals surface area contributed by atoms with Gasteiger partial charge in [0.15, 0.2) is 11.6 Å². The fraction of sp³-hybridized carbons (Fsp3) is 0.529. The molecule has 0 aliphatic heterocycles. The molecule has 0 N–H and O–H groups in total. The molecular formula is C17H20F3NO5. The number of halogens is 3. The number of Topliss-reactive ketones (excluding diaryl/α,β-unsaturated/α-hetero) is 2. The van der Waals surface area contributed by atoms with E-state index in [4.69, 9.17) is 9.47 Å². The highest BCUT2D eigenvalue weighted by Crippen LogP contribution is 2.29. The molecule has 0 spiro atoms. The summed E-state index contributed by atoms with van der Waals surface area (Å²) in [5, 5.41) is 0. The molecule has 9 heteroatoms. The van der Waals surface area contributed by atoms with Crippen molar-refractivity contribution in [2.75, 3.05) is 20.3 Å². The van der Waals surface area contributed by atoms with Crippen molar-refractivity contribution in [1.82, 2.24) is 4.98 Å². The van der Waals surface area contributed by atoms with Crippen molar-refractivity contribution in [3.8, 4) is 0 Å². The lowest BCUT2D eigenvalue weighted by atomic mass is 9.92. The van der Waals surface area contributed by atoms with Crippen LogP contribution in [0.1, 0.15) is 41.5 Å². The summed E-state index contributed by atoms with van der Waals surface area (Å²) in [7, 11) is 1.43. The van der Waals surface area contributed by atoms with Gasteiger partial charge in [0.05, 0.1) is 25.5 Å². The third-order valence-electron chi connectivity index (χ3n) is 3.46. The minimum absolute atomic E-state index is 0.0167. The molecule has 0 aliphatic carbocycles. The normalized spacial score (nSPS) is 12.7. The molecule has 0 aromatic carbocycles. The van der Waals surface area contributed by atoms with Gasteiger partial charge in [-0.1, -0.05) is 6.92 Å². The number of aromatic nitrogens is 1. The van der Waals surface area contributed by atoms with Gasteiger partial charge in [0, 0.05) is 19.1 Å². The van der Waals surface area contributed by atoms with Gasteiger partial charge in [0.25, 0.3) is 0 Å². The first-order chi connectivity index (χ1) is 12.3. The average molecular weight is 375 g/mol. The molecule has 0 amide bonds. The first kappa shape index (κ1) is 21.9. The van der Waals surface area contributed by atoms with Crippen LogP contribution in [0.2, 0.25) is 0 Å². The van der Waals surface area contributed by atoms with Crippen LogP contribution in [0.5, 0.6) is 0 Å². The molecule has 1 aromatic heterocycles. The van der Waals surface area contributed by atoms with Crippen molar-refractivity contribution in [3.05, 3.63) is 29.1 Å². The lowest BCUT2D eigenvalue weighted by molar-refractivity contribution is -0.141. The first-order valence-corrected chi connectivity index (χ1v) is 7.92. The lowest BCUT2D eigenvalue weighted by Gasteiger charge is -2.14. The number of aldehydes is 1. The highest BCUT2D eigenvalue weighted by Gasteiger charge is 2.35. The number of carbonyl (C=O) groups is 3.